The van der Waals surface area contributed by atoms with Gasteiger partial charge in [0.15, 0.2) is 0 Å². The largest absolute Gasteiger partial charge is 0.494 e. The normalized spacial score (nSPS) is 10.5. The average molecular weight is 295 g/mol. The molecule has 3 nitrogen and oxygen atoms in total. The van der Waals surface area contributed by atoms with Gasteiger partial charge in [0.1, 0.15) is 5.75 Å². The number of nitrogens with zero attached hydrogens (tertiary/aromatic N) is 2. The molecule has 0 atom stereocenters. The van der Waals surface area contributed by atoms with Crippen LogP contribution >= 0.6 is 15.9 Å². The highest BCUT2D eigenvalue weighted by Gasteiger charge is 1.98. The Morgan fingerprint density at radius 2 is 2.06 bits per heavy atom. The molecule has 0 bridgehead atoms. The first-order valence-electron chi connectivity index (χ1n) is 5.59. The van der Waals surface area contributed by atoms with Crippen molar-refractivity contribution < 1.29 is 4.74 Å². The summed E-state index contributed by atoms with van der Waals surface area (Å²) in [5, 5.41) is 0. The Morgan fingerprint density at radius 3 is 2.71 bits per heavy atom. The summed E-state index contributed by atoms with van der Waals surface area (Å²) in [6.07, 6.45) is 5.80. The maximum atomic E-state index is 5.63. The first-order chi connectivity index (χ1) is 8.24. The zero-order valence-electron chi connectivity index (χ0n) is 9.77. The van der Waals surface area contributed by atoms with Crippen LogP contribution in [0.1, 0.15) is 12.1 Å². The lowest BCUT2D eigenvalue weighted by atomic mass is 10.2. The Bertz CT molecular complexity index is 465. The van der Waals surface area contributed by atoms with Crippen LogP contribution in [-0.4, -0.2) is 16.2 Å². The Labute approximate surface area is 110 Å². The van der Waals surface area contributed by atoms with Gasteiger partial charge in [-0.2, -0.15) is 0 Å². The van der Waals surface area contributed by atoms with Crippen molar-refractivity contribution in [1.29, 1.82) is 0 Å². The monoisotopic (exact) mass is 294 g/mol. The van der Waals surface area contributed by atoms with E-state index in [1.165, 1.54) is 0 Å². The lowest BCUT2D eigenvalue weighted by Crippen LogP contribution is -1.99. The predicted molar refractivity (Wildman–Crippen MR) is 71.2 cm³/mol. The molecule has 1 heterocycles. The summed E-state index contributed by atoms with van der Waals surface area (Å²) >= 11 is 3.39. The molecule has 17 heavy (non-hydrogen) atoms. The third-order valence-corrected chi connectivity index (χ3v) is 2.95. The summed E-state index contributed by atoms with van der Waals surface area (Å²) < 4.78 is 8.67. The summed E-state index contributed by atoms with van der Waals surface area (Å²) in [4.78, 5) is 4.27. The minimum Gasteiger partial charge on any atom is -0.494 e. The van der Waals surface area contributed by atoms with Crippen molar-refractivity contribution in [2.45, 2.75) is 12.8 Å². The molecule has 0 N–H and O–H groups in total. The van der Waals surface area contributed by atoms with Crippen LogP contribution in [0, 0.1) is 0 Å². The molecule has 4 heteroatoms. The number of imidazole rings is 1. The standard InChI is InChI=1S/C13H15BrN2O/c1-16-9-12(15-10-16)3-2-8-17-13-6-4-11(14)5-7-13/h4-7,9-10H,2-3,8H2,1H3. The summed E-state index contributed by atoms with van der Waals surface area (Å²) in [6, 6.07) is 7.89. The lowest BCUT2D eigenvalue weighted by molar-refractivity contribution is 0.310. The topological polar surface area (TPSA) is 27.1 Å². The van der Waals surface area contributed by atoms with Crippen molar-refractivity contribution >= 4 is 15.9 Å². The van der Waals surface area contributed by atoms with Gasteiger partial charge in [-0.05, 0) is 37.1 Å². The van der Waals surface area contributed by atoms with E-state index in [1.807, 2.05) is 48.4 Å². The fourth-order valence-electron chi connectivity index (χ4n) is 1.57. The van der Waals surface area contributed by atoms with Crippen molar-refractivity contribution in [2.75, 3.05) is 6.61 Å². The predicted octanol–water partition coefficient (Wildman–Crippen LogP) is 3.19. The van der Waals surface area contributed by atoms with Crippen molar-refractivity contribution in [3.63, 3.8) is 0 Å². The number of hydrogen-bond donors (Lipinski definition) is 0. The second kappa shape index (κ2) is 5.87. The van der Waals surface area contributed by atoms with Crippen molar-refractivity contribution in [1.82, 2.24) is 9.55 Å². The first-order valence-corrected chi connectivity index (χ1v) is 6.38. The number of aromatic nitrogens is 2. The van der Waals surface area contributed by atoms with Gasteiger partial charge in [0.25, 0.3) is 0 Å². The second-order valence-electron chi connectivity index (χ2n) is 3.94. The van der Waals surface area contributed by atoms with E-state index in [-0.39, 0.29) is 0 Å². The van der Waals surface area contributed by atoms with Gasteiger partial charge in [0.05, 0.1) is 18.6 Å². The second-order valence-corrected chi connectivity index (χ2v) is 4.85. The van der Waals surface area contributed by atoms with E-state index < -0.39 is 0 Å². The van der Waals surface area contributed by atoms with Crippen molar-refractivity contribution in [2.24, 2.45) is 7.05 Å². The van der Waals surface area contributed by atoms with E-state index in [0.29, 0.717) is 0 Å². The van der Waals surface area contributed by atoms with Crippen LogP contribution in [0.4, 0.5) is 0 Å². The summed E-state index contributed by atoms with van der Waals surface area (Å²) in [5.41, 5.74) is 1.12. The summed E-state index contributed by atoms with van der Waals surface area (Å²) in [7, 11) is 1.98. The Hall–Kier alpha value is -1.29. The molecule has 0 saturated carbocycles. The van der Waals surface area contributed by atoms with Gasteiger partial charge in [0.2, 0.25) is 0 Å². The highest BCUT2D eigenvalue weighted by atomic mass is 79.9. The summed E-state index contributed by atoms with van der Waals surface area (Å²) in [5.74, 6) is 0.911. The van der Waals surface area contributed by atoms with Crippen LogP contribution in [0.25, 0.3) is 0 Å². The fraction of sp³-hybridized carbons (Fsp3) is 0.308. The van der Waals surface area contributed by atoms with Crippen LogP contribution < -0.4 is 4.74 Å². The van der Waals surface area contributed by atoms with E-state index in [9.17, 15) is 0 Å². The third-order valence-electron chi connectivity index (χ3n) is 2.42. The van der Waals surface area contributed by atoms with Gasteiger partial charge in [-0.15, -0.1) is 0 Å². The molecule has 0 spiro atoms. The molecule has 0 aliphatic heterocycles. The highest BCUT2D eigenvalue weighted by molar-refractivity contribution is 9.10. The SMILES string of the molecule is Cn1cnc(CCCOc2ccc(Br)cc2)c1. The molecule has 0 aliphatic rings. The van der Waals surface area contributed by atoms with Crippen LogP contribution in [-0.2, 0) is 13.5 Å². The Kier molecular flexibility index (Phi) is 4.20. The molecule has 0 unspecified atom stereocenters. The minimum absolute atomic E-state index is 0.720. The minimum atomic E-state index is 0.720. The number of rotatable bonds is 5. The maximum Gasteiger partial charge on any atom is 0.119 e. The molecule has 2 aromatic rings. The van der Waals surface area contributed by atoms with Gasteiger partial charge in [-0.25, -0.2) is 4.98 Å². The molecule has 2 rings (SSSR count). The first kappa shape index (κ1) is 12.2. The fourth-order valence-corrected chi connectivity index (χ4v) is 1.83. The molecule has 0 saturated heterocycles. The Balaban J connectivity index is 1.71. The van der Waals surface area contributed by atoms with Gasteiger partial charge < -0.3 is 9.30 Å². The number of ether oxygens (including phenoxy) is 1. The molecule has 1 aromatic heterocycles. The lowest BCUT2D eigenvalue weighted by Gasteiger charge is -2.05. The maximum absolute atomic E-state index is 5.63. The van der Waals surface area contributed by atoms with Crippen molar-refractivity contribution in [3.8, 4) is 5.75 Å². The van der Waals surface area contributed by atoms with Crippen LogP contribution in [0.5, 0.6) is 5.75 Å². The molecule has 90 valence electrons. The van der Waals surface area contributed by atoms with Crippen molar-refractivity contribution in [3.05, 3.63) is 47.0 Å². The van der Waals surface area contributed by atoms with E-state index in [2.05, 4.69) is 20.9 Å². The Morgan fingerprint density at radius 1 is 1.29 bits per heavy atom. The molecule has 0 amide bonds. The average Bonchev–Trinajstić information content (AvgIpc) is 2.73. The van der Waals surface area contributed by atoms with Gasteiger partial charge in [-0.3, -0.25) is 0 Å². The molecule has 0 aliphatic carbocycles. The van der Waals surface area contributed by atoms with Crippen LogP contribution in [0.15, 0.2) is 41.3 Å². The molecule has 1 aromatic carbocycles. The van der Waals surface area contributed by atoms with Gasteiger partial charge >= 0.3 is 0 Å². The summed E-state index contributed by atoms with van der Waals surface area (Å²) in [6.45, 7) is 0.720. The van der Waals surface area contributed by atoms with E-state index >= 15 is 0 Å². The smallest absolute Gasteiger partial charge is 0.119 e. The zero-order valence-corrected chi connectivity index (χ0v) is 11.4. The number of halogens is 1. The van der Waals surface area contributed by atoms with Gasteiger partial charge in [-0.1, -0.05) is 15.9 Å². The van der Waals surface area contributed by atoms with Crippen LogP contribution in [0.2, 0.25) is 0 Å². The number of hydrogen-bond acceptors (Lipinski definition) is 2. The number of benzene rings is 1. The van der Waals surface area contributed by atoms with E-state index in [4.69, 9.17) is 4.74 Å². The quantitative estimate of drug-likeness (QED) is 0.792. The molecule has 0 radical (unpaired) electrons. The van der Waals surface area contributed by atoms with E-state index in [1.54, 1.807) is 0 Å². The molecular formula is C13H15BrN2O. The van der Waals surface area contributed by atoms with Gasteiger partial charge in [0, 0.05) is 17.7 Å². The third kappa shape index (κ3) is 3.89. The molecule has 0 fully saturated rings. The highest BCUT2D eigenvalue weighted by Crippen LogP contribution is 2.16. The number of aryl methyl sites for hydroxylation is 2. The van der Waals surface area contributed by atoms with E-state index in [0.717, 1.165) is 35.4 Å². The zero-order chi connectivity index (χ0) is 12.1. The van der Waals surface area contributed by atoms with Crippen LogP contribution in [0.3, 0.4) is 0 Å². The molecular weight excluding hydrogens is 280 g/mol.